The van der Waals surface area contributed by atoms with Gasteiger partial charge in [0.05, 0.1) is 6.10 Å². The number of hydrogen-bond donors (Lipinski definition) is 1. The van der Waals surface area contributed by atoms with Crippen molar-refractivity contribution in [1.82, 2.24) is 0 Å². The van der Waals surface area contributed by atoms with Gasteiger partial charge < -0.3 is 5.11 Å². The van der Waals surface area contributed by atoms with E-state index in [1.54, 1.807) is 0 Å². The van der Waals surface area contributed by atoms with Crippen LogP contribution in [0.3, 0.4) is 0 Å². The average Bonchev–Trinajstić information content (AvgIpc) is 2.06. The Morgan fingerprint density at radius 3 is 2.92 bits per heavy atom. The van der Waals surface area contributed by atoms with Gasteiger partial charge in [0.15, 0.2) is 0 Å². The predicted octanol–water partition coefficient (Wildman–Crippen LogP) is 2.67. The van der Waals surface area contributed by atoms with E-state index in [0.29, 0.717) is 5.92 Å². The van der Waals surface area contributed by atoms with Crippen LogP contribution in [0.25, 0.3) is 0 Å². The zero-order valence-electron chi connectivity index (χ0n) is 7.74. The van der Waals surface area contributed by atoms with Crippen LogP contribution in [0.1, 0.15) is 32.6 Å². The second-order valence-corrected chi connectivity index (χ2v) is 3.49. The summed E-state index contributed by atoms with van der Waals surface area (Å²) >= 11 is 0. The van der Waals surface area contributed by atoms with E-state index >= 15 is 0 Å². The molecule has 0 amide bonds. The second-order valence-electron chi connectivity index (χ2n) is 3.49. The molecule has 1 aliphatic rings. The molecule has 0 aromatic heterocycles. The van der Waals surface area contributed by atoms with Crippen LogP contribution in [-0.4, -0.2) is 11.2 Å². The Labute approximate surface area is 74.8 Å². The molecular formula is C11H18O. The highest BCUT2D eigenvalue weighted by atomic mass is 16.3. The summed E-state index contributed by atoms with van der Waals surface area (Å²) in [6.07, 6.45) is 12.4. The molecule has 0 spiro atoms. The maximum absolute atomic E-state index is 9.54. The van der Waals surface area contributed by atoms with E-state index in [-0.39, 0.29) is 6.10 Å². The summed E-state index contributed by atoms with van der Waals surface area (Å²) in [4.78, 5) is 0. The molecule has 0 heterocycles. The van der Waals surface area contributed by atoms with Crippen LogP contribution in [0.5, 0.6) is 0 Å². The zero-order chi connectivity index (χ0) is 8.81. The summed E-state index contributed by atoms with van der Waals surface area (Å²) in [6.45, 7) is 2.11. The number of hydrogen-bond acceptors (Lipinski definition) is 1. The van der Waals surface area contributed by atoms with E-state index in [1.807, 2.05) is 0 Å². The third kappa shape index (κ3) is 3.22. The monoisotopic (exact) mass is 166 g/mol. The molecule has 68 valence electrons. The Morgan fingerprint density at radius 1 is 1.50 bits per heavy atom. The van der Waals surface area contributed by atoms with Crippen LogP contribution in [0.2, 0.25) is 0 Å². The molecule has 0 aliphatic heterocycles. The lowest BCUT2D eigenvalue weighted by Crippen LogP contribution is -2.12. The summed E-state index contributed by atoms with van der Waals surface area (Å²) in [5.74, 6) is 0.566. The third-order valence-corrected chi connectivity index (χ3v) is 2.27. The van der Waals surface area contributed by atoms with Crippen LogP contribution in [0.15, 0.2) is 24.3 Å². The zero-order valence-corrected chi connectivity index (χ0v) is 7.74. The molecular weight excluding hydrogens is 148 g/mol. The van der Waals surface area contributed by atoms with Gasteiger partial charge in [-0.25, -0.2) is 0 Å². The maximum atomic E-state index is 9.54. The van der Waals surface area contributed by atoms with Crippen LogP contribution in [0, 0.1) is 5.92 Å². The smallest absolute Gasteiger partial charge is 0.0545 e. The molecule has 0 saturated heterocycles. The van der Waals surface area contributed by atoms with Crippen LogP contribution < -0.4 is 0 Å². The Hall–Kier alpha value is -0.560. The van der Waals surface area contributed by atoms with Gasteiger partial charge in [0.25, 0.3) is 0 Å². The average molecular weight is 166 g/mol. The van der Waals surface area contributed by atoms with Gasteiger partial charge >= 0.3 is 0 Å². The van der Waals surface area contributed by atoms with E-state index in [2.05, 4.69) is 31.2 Å². The molecule has 2 atom stereocenters. The van der Waals surface area contributed by atoms with Crippen molar-refractivity contribution in [3.8, 4) is 0 Å². The number of aliphatic hydroxyl groups is 1. The molecule has 2 unspecified atom stereocenters. The Morgan fingerprint density at radius 2 is 2.33 bits per heavy atom. The summed E-state index contributed by atoms with van der Waals surface area (Å²) in [7, 11) is 0. The molecule has 0 radical (unpaired) electrons. The van der Waals surface area contributed by atoms with Crippen molar-refractivity contribution >= 4 is 0 Å². The van der Waals surface area contributed by atoms with Gasteiger partial charge in [0.1, 0.15) is 0 Å². The van der Waals surface area contributed by atoms with Crippen molar-refractivity contribution < 1.29 is 5.11 Å². The quantitative estimate of drug-likeness (QED) is 0.680. The molecule has 1 rings (SSSR count). The first-order chi connectivity index (χ1) is 5.83. The first-order valence-corrected chi connectivity index (χ1v) is 4.84. The fourth-order valence-electron chi connectivity index (χ4n) is 1.61. The Bertz CT molecular complexity index is 170. The lowest BCUT2D eigenvalue weighted by atomic mass is 9.93. The fourth-order valence-corrected chi connectivity index (χ4v) is 1.61. The maximum Gasteiger partial charge on any atom is 0.0545 e. The molecule has 12 heavy (non-hydrogen) atoms. The Balaban J connectivity index is 2.22. The fraction of sp³-hybridized carbons (Fsp3) is 0.636. The van der Waals surface area contributed by atoms with Crippen LogP contribution in [-0.2, 0) is 0 Å². The number of allylic oxidation sites excluding steroid dienone is 4. The van der Waals surface area contributed by atoms with E-state index < -0.39 is 0 Å². The highest BCUT2D eigenvalue weighted by Gasteiger charge is 2.10. The number of aliphatic hydroxyl groups excluding tert-OH is 1. The van der Waals surface area contributed by atoms with Crippen LogP contribution >= 0.6 is 0 Å². The third-order valence-electron chi connectivity index (χ3n) is 2.27. The second kappa shape index (κ2) is 5.15. The molecule has 1 N–H and O–H groups in total. The molecule has 1 aliphatic carbocycles. The summed E-state index contributed by atoms with van der Waals surface area (Å²) < 4.78 is 0. The summed E-state index contributed by atoms with van der Waals surface area (Å²) in [5, 5.41) is 9.54. The van der Waals surface area contributed by atoms with E-state index in [1.165, 1.54) is 0 Å². The first-order valence-electron chi connectivity index (χ1n) is 4.84. The highest BCUT2D eigenvalue weighted by Crippen LogP contribution is 2.19. The lowest BCUT2D eigenvalue weighted by molar-refractivity contribution is 0.140. The van der Waals surface area contributed by atoms with E-state index in [0.717, 1.165) is 25.7 Å². The molecule has 0 bridgehead atoms. The van der Waals surface area contributed by atoms with E-state index in [9.17, 15) is 5.11 Å². The van der Waals surface area contributed by atoms with Gasteiger partial charge in [0.2, 0.25) is 0 Å². The van der Waals surface area contributed by atoms with Gasteiger partial charge in [-0.15, -0.1) is 0 Å². The molecule has 0 aromatic carbocycles. The molecule has 1 nitrogen and oxygen atoms in total. The minimum Gasteiger partial charge on any atom is -0.393 e. The molecule has 0 saturated carbocycles. The van der Waals surface area contributed by atoms with Gasteiger partial charge in [0, 0.05) is 0 Å². The largest absolute Gasteiger partial charge is 0.393 e. The topological polar surface area (TPSA) is 20.2 Å². The molecule has 0 aromatic rings. The van der Waals surface area contributed by atoms with Crippen LogP contribution in [0.4, 0.5) is 0 Å². The molecule has 1 heteroatoms. The van der Waals surface area contributed by atoms with Crippen molar-refractivity contribution in [1.29, 1.82) is 0 Å². The van der Waals surface area contributed by atoms with Gasteiger partial charge in [-0.3, -0.25) is 0 Å². The van der Waals surface area contributed by atoms with Gasteiger partial charge in [-0.2, -0.15) is 0 Å². The van der Waals surface area contributed by atoms with Crippen molar-refractivity contribution in [2.75, 3.05) is 0 Å². The SMILES string of the molecule is CCCC(O)CC1C=CC=CC1. The Kier molecular flexibility index (Phi) is 4.09. The first kappa shape index (κ1) is 9.53. The minimum absolute atomic E-state index is 0.101. The molecule has 0 fully saturated rings. The van der Waals surface area contributed by atoms with Crippen molar-refractivity contribution in [3.63, 3.8) is 0 Å². The lowest BCUT2D eigenvalue weighted by Gasteiger charge is -2.16. The van der Waals surface area contributed by atoms with E-state index in [4.69, 9.17) is 0 Å². The van der Waals surface area contributed by atoms with Gasteiger partial charge in [-0.05, 0) is 25.2 Å². The van der Waals surface area contributed by atoms with Gasteiger partial charge in [-0.1, -0.05) is 37.6 Å². The standard InChI is InChI=1S/C11H18O/c1-2-6-11(12)9-10-7-4-3-5-8-10/h3-5,7,10-12H,2,6,8-9H2,1H3. The summed E-state index contributed by atoms with van der Waals surface area (Å²) in [5.41, 5.74) is 0. The predicted molar refractivity (Wildman–Crippen MR) is 51.9 cm³/mol. The highest BCUT2D eigenvalue weighted by molar-refractivity contribution is 5.10. The normalized spacial score (nSPS) is 24.3. The minimum atomic E-state index is -0.101. The van der Waals surface area contributed by atoms with Crippen molar-refractivity contribution in [3.05, 3.63) is 24.3 Å². The van der Waals surface area contributed by atoms with Crippen molar-refractivity contribution in [2.45, 2.75) is 38.7 Å². The van der Waals surface area contributed by atoms with Crippen molar-refractivity contribution in [2.24, 2.45) is 5.92 Å². The summed E-state index contributed by atoms with van der Waals surface area (Å²) in [6, 6.07) is 0. The number of rotatable bonds is 4.